The van der Waals surface area contributed by atoms with Crippen molar-refractivity contribution in [3.63, 3.8) is 0 Å². The van der Waals surface area contributed by atoms with Crippen LogP contribution in [0.3, 0.4) is 0 Å². The number of anilines is 1. The Labute approximate surface area is 130 Å². The topological polar surface area (TPSA) is 68.1 Å². The monoisotopic (exact) mass is 344 g/mol. The van der Waals surface area contributed by atoms with Crippen molar-refractivity contribution < 1.29 is 9.53 Å². The van der Waals surface area contributed by atoms with Crippen molar-refractivity contribution in [1.82, 2.24) is 4.98 Å². The lowest BCUT2D eigenvalue weighted by Crippen LogP contribution is -2.05. The number of aromatic amines is 1. The third-order valence-corrected chi connectivity index (χ3v) is 4.05. The zero-order chi connectivity index (χ0) is 15.0. The summed E-state index contributed by atoms with van der Waals surface area (Å²) in [6.07, 6.45) is 1.71. The maximum absolute atomic E-state index is 12.8. The Hall–Kier alpha value is -2.27. The third kappa shape index (κ3) is 2.19. The summed E-state index contributed by atoms with van der Waals surface area (Å²) in [5.41, 5.74) is 8.25. The van der Waals surface area contributed by atoms with E-state index < -0.39 is 0 Å². The first-order valence-electron chi connectivity index (χ1n) is 6.36. The fourth-order valence-corrected chi connectivity index (χ4v) is 3.01. The highest BCUT2D eigenvalue weighted by Crippen LogP contribution is 2.32. The van der Waals surface area contributed by atoms with Gasteiger partial charge in [-0.25, -0.2) is 0 Å². The number of aromatic nitrogens is 1. The molecule has 0 saturated carbocycles. The molecule has 0 amide bonds. The van der Waals surface area contributed by atoms with Gasteiger partial charge in [0.15, 0.2) is 11.5 Å². The number of nitrogens with one attached hydrogen (secondary N) is 1. The predicted octanol–water partition coefficient (Wildman–Crippen LogP) is 3.75. The number of para-hydroxylation sites is 1. The van der Waals surface area contributed by atoms with Gasteiger partial charge in [0.1, 0.15) is 0 Å². The minimum Gasteiger partial charge on any atom is -0.494 e. The van der Waals surface area contributed by atoms with E-state index in [1.54, 1.807) is 24.4 Å². The summed E-state index contributed by atoms with van der Waals surface area (Å²) in [5, 5.41) is 0.854. The van der Waals surface area contributed by atoms with Gasteiger partial charge in [-0.3, -0.25) is 4.79 Å². The molecular weight excluding hydrogens is 332 g/mol. The lowest BCUT2D eigenvalue weighted by molar-refractivity contribution is 0.103. The second-order valence-electron chi connectivity index (χ2n) is 4.62. The van der Waals surface area contributed by atoms with Crippen LogP contribution in [-0.2, 0) is 0 Å². The molecule has 0 fully saturated rings. The molecule has 0 spiro atoms. The third-order valence-electron chi connectivity index (χ3n) is 3.39. The Morgan fingerprint density at radius 2 is 1.95 bits per heavy atom. The molecule has 106 valence electrons. The number of fused-ring (bicyclic) bond motifs is 1. The van der Waals surface area contributed by atoms with Gasteiger partial charge in [-0.05, 0) is 24.3 Å². The first-order valence-corrected chi connectivity index (χ1v) is 7.15. The maximum atomic E-state index is 12.8. The zero-order valence-corrected chi connectivity index (χ0v) is 12.9. The number of benzene rings is 2. The standard InChI is InChI=1S/C16H13BrN2O2/c1-21-16-9(4-2-6-12(16)18)15(20)10-8-19-13-7-3-5-11(17)14(10)13/h2-8,19H,18H2,1H3. The molecule has 3 rings (SSSR count). The molecule has 4 nitrogen and oxygen atoms in total. The Morgan fingerprint density at radius 3 is 2.71 bits per heavy atom. The minimum absolute atomic E-state index is 0.127. The lowest BCUT2D eigenvalue weighted by Gasteiger charge is -2.09. The number of halogens is 1. The van der Waals surface area contributed by atoms with E-state index in [9.17, 15) is 4.79 Å². The van der Waals surface area contributed by atoms with Gasteiger partial charge in [-0.1, -0.05) is 28.1 Å². The number of ether oxygens (including phenoxy) is 1. The van der Waals surface area contributed by atoms with E-state index in [2.05, 4.69) is 20.9 Å². The van der Waals surface area contributed by atoms with Gasteiger partial charge in [0.2, 0.25) is 0 Å². The van der Waals surface area contributed by atoms with E-state index in [1.165, 1.54) is 7.11 Å². The number of H-pyrrole nitrogens is 1. The van der Waals surface area contributed by atoms with E-state index in [0.29, 0.717) is 22.6 Å². The molecule has 1 aromatic heterocycles. The van der Waals surface area contributed by atoms with Gasteiger partial charge in [-0.15, -0.1) is 0 Å². The number of ketones is 1. The average molecular weight is 345 g/mol. The summed E-state index contributed by atoms with van der Waals surface area (Å²) >= 11 is 3.49. The van der Waals surface area contributed by atoms with Crippen LogP contribution >= 0.6 is 15.9 Å². The van der Waals surface area contributed by atoms with E-state index in [-0.39, 0.29) is 5.78 Å². The molecule has 3 N–H and O–H groups in total. The smallest absolute Gasteiger partial charge is 0.199 e. The number of nitrogens with two attached hydrogens (primary N) is 1. The van der Waals surface area contributed by atoms with Gasteiger partial charge >= 0.3 is 0 Å². The molecule has 3 aromatic rings. The summed E-state index contributed by atoms with van der Waals surface area (Å²) < 4.78 is 6.14. The molecule has 0 aliphatic heterocycles. The van der Waals surface area contributed by atoms with E-state index in [4.69, 9.17) is 10.5 Å². The van der Waals surface area contributed by atoms with Crippen LogP contribution in [-0.4, -0.2) is 17.9 Å². The number of hydrogen-bond donors (Lipinski definition) is 2. The predicted molar refractivity (Wildman–Crippen MR) is 86.8 cm³/mol. The van der Waals surface area contributed by atoms with Gasteiger partial charge in [0.05, 0.1) is 18.4 Å². The van der Waals surface area contributed by atoms with Crippen molar-refractivity contribution in [3.8, 4) is 5.75 Å². The molecule has 0 saturated heterocycles. The largest absolute Gasteiger partial charge is 0.494 e. The summed E-state index contributed by atoms with van der Waals surface area (Å²) in [4.78, 5) is 15.9. The minimum atomic E-state index is -0.127. The maximum Gasteiger partial charge on any atom is 0.199 e. The summed E-state index contributed by atoms with van der Waals surface area (Å²) in [6, 6.07) is 10.9. The summed E-state index contributed by atoms with van der Waals surface area (Å²) in [5.74, 6) is 0.279. The molecule has 21 heavy (non-hydrogen) atoms. The first-order chi connectivity index (χ1) is 10.1. The number of rotatable bonds is 3. The Bertz CT molecular complexity index is 839. The fourth-order valence-electron chi connectivity index (χ4n) is 2.43. The number of carbonyl (C=O) groups is 1. The van der Waals surface area contributed by atoms with Crippen molar-refractivity contribution >= 4 is 38.3 Å². The number of methoxy groups -OCH3 is 1. The van der Waals surface area contributed by atoms with Crippen LogP contribution in [0.1, 0.15) is 15.9 Å². The van der Waals surface area contributed by atoms with Crippen LogP contribution in [0.4, 0.5) is 5.69 Å². The van der Waals surface area contributed by atoms with E-state index >= 15 is 0 Å². The molecule has 0 aliphatic carbocycles. The Morgan fingerprint density at radius 1 is 1.19 bits per heavy atom. The summed E-state index contributed by atoms with van der Waals surface area (Å²) in [7, 11) is 1.51. The Balaban J connectivity index is 2.20. The van der Waals surface area contributed by atoms with Crippen molar-refractivity contribution in [1.29, 1.82) is 0 Å². The quantitative estimate of drug-likeness (QED) is 0.561. The molecule has 2 aromatic carbocycles. The number of nitrogen functional groups attached to an aromatic ring is 1. The molecule has 0 aliphatic rings. The van der Waals surface area contributed by atoms with Crippen LogP contribution in [0.25, 0.3) is 10.9 Å². The lowest BCUT2D eigenvalue weighted by atomic mass is 10.0. The molecule has 0 unspecified atom stereocenters. The van der Waals surface area contributed by atoms with Gasteiger partial charge in [0, 0.05) is 27.1 Å². The highest BCUT2D eigenvalue weighted by Gasteiger charge is 2.20. The second kappa shape index (κ2) is 5.26. The van der Waals surface area contributed by atoms with Crippen LogP contribution in [0.5, 0.6) is 5.75 Å². The first kappa shape index (κ1) is 13.7. The van der Waals surface area contributed by atoms with Crippen LogP contribution in [0.2, 0.25) is 0 Å². The molecular formula is C16H13BrN2O2. The van der Waals surface area contributed by atoms with Crippen molar-refractivity contribution in [2.75, 3.05) is 12.8 Å². The number of carbonyl (C=O) groups excluding carboxylic acids is 1. The van der Waals surface area contributed by atoms with Gasteiger partial charge in [-0.2, -0.15) is 0 Å². The van der Waals surface area contributed by atoms with Crippen molar-refractivity contribution in [2.24, 2.45) is 0 Å². The highest BCUT2D eigenvalue weighted by molar-refractivity contribution is 9.10. The molecule has 0 atom stereocenters. The average Bonchev–Trinajstić information content (AvgIpc) is 2.91. The second-order valence-corrected chi connectivity index (χ2v) is 5.48. The van der Waals surface area contributed by atoms with Gasteiger partial charge in [0.25, 0.3) is 0 Å². The SMILES string of the molecule is COc1c(N)cccc1C(=O)c1c[nH]c2cccc(Br)c12. The highest BCUT2D eigenvalue weighted by atomic mass is 79.9. The number of hydrogen-bond acceptors (Lipinski definition) is 3. The molecule has 0 bridgehead atoms. The van der Waals surface area contributed by atoms with Crippen LogP contribution in [0, 0.1) is 0 Å². The van der Waals surface area contributed by atoms with Crippen LogP contribution < -0.4 is 10.5 Å². The van der Waals surface area contributed by atoms with Gasteiger partial charge < -0.3 is 15.5 Å². The van der Waals surface area contributed by atoms with E-state index in [0.717, 1.165) is 15.4 Å². The Kier molecular flexibility index (Phi) is 3.43. The normalized spacial score (nSPS) is 10.8. The summed E-state index contributed by atoms with van der Waals surface area (Å²) in [6.45, 7) is 0. The molecule has 0 radical (unpaired) electrons. The van der Waals surface area contributed by atoms with Crippen molar-refractivity contribution in [2.45, 2.75) is 0 Å². The van der Waals surface area contributed by atoms with E-state index in [1.807, 2.05) is 18.2 Å². The molecule has 1 heterocycles. The fraction of sp³-hybridized carbons (Fsp3) is 0.0625. The zero-order valence-electron chi connectivity index (χ0n) is 11.3. The van der Waals surface area contributed by atoms with Crippen LogP contribution in [0.15, 0.2) is 47.1 Å². The van der Waals surface area contributed by atoms with Crippen molar-refractivity contribution in [3.05, 3.63) is 58.2 Å². The molecule has 5 heteroatoms.